The van der Waals surface area contributed by atoms with Gasteiger partial charge in [-0.2, -0.15) is 0 Å². The van der Waals surface area contributed by atoms with Crippen LogP contribution < -0.4 is 5.73 Å². The Morgan fingerprint density at radius 1 is 1.05 bits per heavy atom. The Labute approximate surface area is 123 Å². The van der Waals surface area contributed by atoms with Crippen molar-refractivity contribution < 1.29 is 19.5 Å². The fraction of sp³-hybridized carbons (Fsp3) is 0.643. The highest BCUT2D eigenvalue weighted by Gasteiger charge is 2.47. The summed E-state index contributed by atoms with van der Waals surface area (Å²) in [6.45, 7) is 1.65. The number of carboxylic acids is 1. The van der Waals surface area contributed by atoms with Crippen LogP contribution in [0.1, 0.15) is 25.7 Å². The molecular weight excluding hydrogens is 274 g/mol. The van der Waals surface area contributed by atoms with Gasteiger partial charge >= 0.3 is 12.0 Å². The number of nitrogens with zero attached hydrogens (tertiary/aromatic N) is 2. The zero-order valence-corrected chi connectivity index (χ0v) is 12.0. The van der Waals surface area contributed by atoms with Gasteiger partial charge in [-0.1, -0.05) is 12.2 Å². The van der Waals surface area contributed by atoms with Crippen LogP contribution in [-0.2, 0) is 9.59 Å². The van der Waals surface area contributed by atoms with E-state index in [0.29, 0.717) is 45.4 Å². The van der Waals surface area contributed by atoms with Gasteiger partial charge in [0.2, 0.25) is 5.91 Å². The second-order valence-corrected chi connectivity index (χ2v) is 5.57. The summed E-state index contributed by atoms with van der Waals surface area (Å²) in [5.74, 6) is -1.40. The molecule has 116 valence electrons. The van der Waals surface area contributed by atoms with Crippen molar-refractivity contribution in [2.75, 3.05) is 26.2 Å². The standard InChI is InChI=1S/C14H21N3O4/c15-13(21)17-8-4-7-16(9-10-17)11(18)14(12(19)20)5-2-1-3-6-14/h1-2H,3-10H2,(H2,15,21)(H,19,20). The van der Waals surface area contributed by atoms with Gasteiger partial charge in [0.05, 0.1) is 0 Å². The second kappa shape index (κ2) is 6.15. The number of rotatable bonds is 2. The highest BCUT2D eigenvalue weighted by molar-refractivity contribution is 6.02. The highest BCUT2D eigenvalue weighted by atomic mass is 16.4. The van der Waals surface area contributed by atoms with E-state index in [-0.39, 0.29) is 12.3 Å². The van der Waals surface area contributed by atoms with Crippen LogP contribution in [-0.4, -0.2) is 59.0 Å². The first-order valence-corrected chi connectivity index (χ1v) is 7.19. The van der Waals surface area contributed by atoms with Gasteiger partial charge in [-0.05, 0) is 25.7 Å². The third kappa shape index (κ3) is 3.01. The summed E-state index contributed by atoms with van der Waals surface area (Å²) >= 11 is 0. The molecule has 2 aliphatic rings. The number of carbonyl (C=O) groups is 3. The minimum Gasteiger partial charge on any atom is -0.480 e. The number of carbonyl (C=O) groups excluding carboxylic acids is 2. The molecule has 0 aromatic carbocycles. The fourth-order valence-electron chi connectivity index (χ4n) is 2.96. The van der Waals surface area contributed by atoms with E-state index in [1.54, 1.807) is 11.0 Å². The molecule has 21 heavy (non-hydrogen) atoms. The van der Waals surface area contributed by atoms with E-state index in [4.69, 9.17) is 5.73 Å². The van der Waals surface area contributed by atoms with Crippen molar-refractivity contribution in [3.63, 3.8) is 0 Å². The Kier molecular flexibility index (Phi) is 4.50. The number of hydrogen-bond acceptors (Lipinski definition) is 3. The summed E-state index contributed by atoms with van der Waals surface area (Å²) in [5, 5.41) is 9.53. The molecule has 7 nitrogen and oxygen atoms in total. The molecule has 0 aromatic rings. The zero-order valence-electron chi connectivity index (χ0n) is 12.0. The minimum absolute atomic E-state index is 0.233. The molecule has 1 saturated heterocycles. The molecule has 2 rings (SSSR count). The van der Waals surface area contributed by atoms with Crippen LogP contribution in [0.3, 0.4) is 0 Å². The largest absolute Gasteiger partial charge is 0.480 e. The topological polar surface area (TPSA) is 104 Å². The molecule has 0 aromatic heterocycles. The zero-order chi connectivity index (χ0) is 15.5. The maximum atomic E-state index is 12.7. The first-order valence-electron chi connectivity index (χ1n) is 7.19. The van der Waals surface area contributed by atoms with Gasteiger partial charge in [-0.3, -0.25) is 9.59 Å². The van der Waals surface area contributed by atoms with Crippen LogP contribution in [0.15, 0.2) is 12.2 Å². The van der Waals surface area contributed by atoms with Gasteiger partial charge in [0.1, 0.15) is 5.41 Å². The maximum Gasteiger partial charge on any atom is 0.319 e. The van der Waals surface area contributed by atoms with E-state index in [0.717, 1.165) is 0 Å². The fourth-order valence-corrected chi connectivity index (χ4v) is 2.96. The van der Waals surface area contributed by atoms with Gasteiger partial charge < -0.3 is 20.6 Å². The first kappa shape index (κ1) is 15.3. The number of primary amides is 1. The summed E-state index contributed by atoms with van der Waals surface area (Å²) in [5.41, 5.74) is 3.90. The van der Waals surface area contributed by atoms with Gasteiger partial charge in [0.25, 0.3) is 0 Å². The lowest BCUT2D eigenvalue weighted by Gasteiger charge is -2.34. The van der Waals surface area contributed by atoms with Crippen molar-refractivity contribution in [3.8, 4) is 0 Å². The molecular formula is C14H21N3O4. The predicted octanol–water partition coefficient (Wildman–Crippen LogP) is 0.410. The average molecular weight is 295 g/mol. The van der Waals surface area contributed by atoms with Crippen LogP contribution in [0.25, 0.3) is 0 Å². The van der Waals surface area contributed by atoms with Crippen molar-refractivity contribution >= 4 is 17.9 Å². The molecule has 3 N–H and O–H groups in total. The van der Waals surface area contributed by atoms with Crippen molar-refractivity contribution in [1.82, 2.24) is 9.80 Å². The Balaban J connectivity index is 2.12. The average Bonchev–Trinajstić information content (AvgIpc) is 2.73. The Bertz CT molecular complexity index is 477. The first-order chi connectivity index (χ1) is 9.97. The number of carboxylic acid groups (broad SMARTS) is 1. The molecule has 0 spiro atoms. The molecule has 7 heteroatoms. The Morgan fingerprint density at radius 2 is 1.71 bits per heavy atom. The summed E-state index contributed by atoms with van der Waals surface area (Å²) in [6.07, 6.45) is 5.44. The number of nitrogens with two attached hydrogens (primary N) is 1. The normalized spacial score (nSPS) is 26.3. The quantitative estimate of drug-likeness (QED) is 0.568. The lowest BCUT2D eigenvalue weighted by atomic mass is 9.75. The Morgan fingerprint density at radius 3 is 2.29 bits per heavy atom. The van der Waals surface area contributed by atoms with E-state index in [1.807, 2.05) is 6.08 Å². The van der Waals surface area contributed by atoms with Crippen LogP contribution in [0.2, 0.25) is 0 Å². The number of urea groups is 1. The summed E-state index contributed by atoms with van der Waals surface area (Å²) in [6, 6.07) is -0.502. The molecule has 0 bridgehead atoms. The summed E-state index contributed by atoms with van der Waals surface area (Å²) in [7, 11) is 0. The van der Waals surface area contributed by atoms with Gasteiger partial charge in [-0.15, -0.1) is 0 Å². The summed E-state index contributed by atoms with van der Waals surface area (Å²) < 4.78 is 0. The summed E-state index contributed by atoms with van der Waals surface area (Å²) in [4.78, 5) is 38.6. The van der Waals surface area contributed by atoms with E-state index in [9.17, 15) is 19.5 Å². The molecule has 1 aliphatic carbocycles. The second-order valence-electron chi connectivity index (χ2n) is 5.57. The third-order valence-electron chi connectivity index (χ3n) is 4.28. The predicted molar refractivity (Wildman–Crippen MR) is 75.4 cm³/mol. The molecule has 1 unspecified atom stereocenters. The molecule has 1 aliphatic heterocycles. The lowest BCUT2D eigenvalue weighted by Crippen LogP contribution is -2.50. The minimum atomic E-state index is -1.35. The smallest absolute Gasteiger partial charge is 0.319 e. The lowest BCUT2D eigenvalue weighted by molar-refractivity contribution is -0.161. The van der Waals surface area contributed by atoms with Crippen molar-refractivity contribution in [2.24, 2.45) is 11.1 Å². The third-order valence-corrected chi connectivity index (χ3v) is 4.28. The maximum absolute atomic E-state index is 12.7. The van der Waals surface area contributed by atoms with Gasteiger partial charge in [0.15, 0.2) is 0 Å². The number of allylic oxidation sites excluding steroid dienone is 2. The van der Waals surface area contributed by atoms with Crippen molar-refractivity contribution in [3.05, 3.63) is 12.2 Å². The molecule has 0 saturated carbocycles. The van der Waals surface area contributed by atoms with Gasteiger partial charge in [-0.25, -0.2) is 4.79 Å². The van der Waals surface area contributed by atoms with E-state index >= 15 is 0 Å². The van der Waals surface area contributed by atoms with Crippen LogP contribution >= 0.6 is 0 Å². The van der Waals surface area contributed by atoms with Gasteiger partial charge in [0, 0.05) is 26.2 Å². The number of hydrogen-bond donors (Lipinski definition) is 2. The molecule has 1 heterocycles. The van der Waals surface area contributed by atoms with E-state index in [1.165, 1.54) is 4.90 Å². The molecule has 1 atom stereocenters. The molecule has 1 fully saturated rings. The molecule has 3 amide bonds. The van der Waals surface area contributed by atoms with Crippen LogP contribution in [0.5, 0.6) is 0 Å². The Hall–Kier alpha value is -2.05. The molecule has 0 radical (unpaired) electrons. The van der Waals surface area contributed by atoms with Crippen LogP contribution in [0.4, 0.5) is 4.79 Å². The van der Waals surface area contributed by atoms with Crippen LogP contribution in [0, 0.1) is 5.41 Å². The van der Waals surface area contributed by atoms with E-state index < -0.39 is 17.4 Å². The van der Waals surface area contributed by atoms with E-state index in [2.05, 4.69) is 0 Å². The highest BCUT2D eigenvalue weighted by Crippen LogP contribution is 2.35. The monoisotopic (exact) mass is 295 g/mol. The SMILES string of the molecule is NC(=O)N1CCCN(C(=O)C2(C(=O)O)CC=CCC2)CC1. The van der Waals surface area contributed by atoms with Crippen molar-refractivity contribution in [2.45, 2.75) is 25.7 Å². The number of amides is 3. The number of aliphatic carboxylic acids is 1. The van der Waals surface area contributed by atoms with Crippen molar-refractivity contribution in [1.29, 1.82) is 0 Å².